The van der Waals surface area contributed by atoms with Gasteiger partial charge in [0.15, 0.2) is 5.11 Å². The monoisotopic (exact) mass is 312 g/mol. The molecule has 0 atom stereocenters. The molecular weight excluding hydrogens is 299 g/mol. The number of thiocarbonyl (C=S) groups is 1. The summed E-state index contributed by atoms with van der Waals surface area (Å²) in [4.78, 5) is 0. The van der Waals surface area contributed by atoms with Gasteiger partial charge in [-0.15, -0.1) is 0 Å². The van der Waals surface area contributed by atoms with Gasteiger partial charge in [-0.1, -0.05) is 11.6 Å². The largest absolute Gasteiger partial charge is 0.358 e. The molecule has 0 spiro atoms. The molecule has 0 saturated heterocycles. The van der Waals surface area contributed by atoms with E-state index in [2.05, 4.69) is 15.7 Å². The van der Waals surface area contributed by atoms with Crippen LogP contribution in [0, 0.1) is 12.7 Å². The van der Waals surface area contributed by atoms with Crippen molar-refractivity contribution in [3.63, 3.8) is 0 Å². The van der Waals surface area contributed by atoms with Crippen LogP contribution in [0.15, 0.2) is 24.4 Å². The first-order chi connectivity index (χ1) is 9.45. The molecule has 0 fully saturated rings. The zero-order valence-corrected chi connectivity index (χ0v) is 12.6. The number of anilines is 1. The van der Waals surface area contributed by atoms with Gasteiger partial charge in [0.05, 0.1) is 10.7 Å². The van der Waals surface area contributed by atoms with E-state index in [9.17, 15) is 4.39 Å². The van der Waals surface area contributed by atoms with E-state index in [-0.39, 0.29) is 5.02 Å². The first kappa shape index (κ1) is 14.7. The molecule has 1 aromatic carbocycles. The van der Waals surface area contributed by atoms with Gasteiger partial charge in [0.1, 0.15) is 5.82 Å². The number of benzene rings is 1. The summed E-state index contributed by atoms with van der Waals surface area (Å²) >= 11 is 10.9. The lowest BCUT2D eigenvalue weighted by molar-refractivity contribution is 0.628. The van der Waals surface area contributed by atoms with Crippen molar-refractivity contribution in [2.45, 2.75) is 13.5 Å². The molecule has 1 heterocycles. The van der Waals surface area contributed by atoms with E-state index in [1.165, 1.54) is 12.1 Å². The Hall–Kier alpha value is -1.66. The first-order valence-electron chi connectivity index (χ1n) is 5.94. The van der Waals surface area contributed by atoms with E-state index in [1.807, 2.05) is 20.2 Å². The summed E-state index contributed by atoms with van der Waals surface area (Å²) in [5, 5.41) is 10.8. The zero-order chi connectivity index (χ0) is 14.7. The maximum absolute atomic E-state index is 13.0. The third-order valence-electron chi connectivity index (χ3n) is 2.73. The van der Waals surface area contributed by atoms with E-state index in [1.54, 1.807) is 10.7 Å². The van der Waals surface area contributed by atoms with Gasteiger partial charge in [-0.05, 0) is 37.3 Å². The Morgan fingerprint density at radius 3 is 2.85 bits per heavy atom. The van der Waals surface area contributed by atoms with Gasteiger partial charge in [-0.2, -0.15) is 5.10 Å². The molecule has 0 saturated carbocycles. The topological polar surface area (TPSA) is 41.9 Å². The van der Waals surface area contributed by atoms with Crippen molar-refractivity contribution in [3.05, 3.63) is 46.5 Å². The standard InChI is InChI=1S/C13H14ClFN4S/c1-8-9(7-19(2)18-8)6-16-13(20)17-10-3-4-12(15)11(14)5-10/h3-5,7H,6H2,1-2H3,(H2,16,17,20). The lowest BCUT2D eigenvalue weighted by Gasteiger charge is -2.10. The van der Waals surface area contributed by atoms with Gasteiger partial charge >= 0.3 is 0 Å². The van der Waals surface area contributed by atoms with Crippen LogP contribution in [0.25, 0.3) is 0 Å². The summed E-state index contributed by atoms with van der Waals surface area (Å²) in [6.45, 7) is 2.51. The summed E-state index contributed by atoms with van der Waals surface area (Å²) in [5.41, 5.74) is 2.65. The quantitative estimate of drug-likeness (QED) is 0.855. The average Bonchev–Trinajstić information content (AvgIpc) is 2.70. The molecule has 4 nitrogen and oxygen atoms in total. The van der Waals surface area contributed by atoms with Crippen molar-refractivity contribution < 1.29 is 4.39 Å². The maximum Gasteiger partial charge on any atom is 0.171 e. The predicted molar refractivity (Wildman–Crippen MR) is 82.4 cm³/mol. The second kappa shape index (κ2) is 6.19. The normalized spacial score (nSPS) is 10.4. The molecule has 1 aromatic heterocycles. The second-order valence-corrected chi connectivity index (χ2v) is 5.17. The number of nitrogens with zero attached hydrogens (tertiary/aromatic N) is 2. The van der Waals surface area contributed by atoms with E-state index >= 15 is 0 Å². The van der Waals surface area contributed by atoms with Crippen LogP contribution in [0.2, 0.25) is 5.02 Å². The summed E-state index contributed by atoms with van der Waals surface area (Å²) in [6, 6.07) is 4.35. The molecule has 0 aliphatic rings. The summed E-state index contributed by atoms with van der Waals surface area (Å²) in [5.74, 6) is -0.456. The Balaban J connectivity index is 1.92. The van der Waals surface area contributed by atoms with Crippen LogP contribution in [0.4, 0.5) is 10.1 Å². The average molecular weight is 313 g/mol. The van der Waals surface area contributed by atoms with Crippen molar-refractivity contribution in [1.29, 1.82) is 0 Å². The van der Waals surface area contributed by atoms with Crippen molar-refractivity contribution in [3.8, 4) is 0 Å². The van der Waals surface area contributed by atoms with Crippen LogP contribution in [0.3, 0.4) is 0 Å². The SMILES string of the molecule is Cc1nn(C)cc1CNC(=S)Nc1ccc(F)c(Cl)c1. The highest BCUT2D eigenvalue weighted by Gasteiger charge is 2.05. The summed E-state index contributed by atoms with van der Waals surface area (Å²) in [6.07, 6.45) is 1.93. The van der Waals surface area contributed by atoms with Crippen molar-refractivity contribution in [1.82, 2.24) is 15.1 Å². The molecule has 0 bridgehead atoms. The van der Waals surface area contributed by atoms with Crippen LogP contribution in [-0.4, -0.2) is 14.9 Å². The lowest BCUT2D eigenvalue weighted by atomic mass is 10.3. The van der Waals surface area contributed by atoms with E-state index in [0.29, 0.717) is 17.3 Å². The Bertz CT molecular complexity index is 641. The van der Waals surface area contributed by atoms with E-state index in [0.717, 1.165) is 11.3 Å². The molecule has 0 radical (unpaired) electrons. The fourth-order valence-corrected chi connectivity index (χ4v) is 2.12. The zero-order valence-electron chi connectivity index (χ0n) is 11.1. The highest BCUT2D eigenvalue weighted by molar-refractivity contribution is 7.80. The van der Waals surface area contributed by atoms with Gasteiger partial charge in [-0.3, -0.25) is 4.68 Å². The van der Waals surface area contributed by atoms with Crippen LogP contribution in [-0.2, 0) is 13.6 Å². The van der Waals surface area contributed by atoms with E-state index in [4.69, 9.17) is 23.8 Å². The van der Waals surface area contributed by atoms with Crippen molar-refractivity contribution >= 4 is 34.6 Å². The van der Waals surface area contributed by atoms with Gasteiger partial charge < -0.3 is 10.6 Å². The summed E-state index contributed by atoms with van der Waals surface area (Å²) < 4.78 is 14.8. The molecule has 0 aliphatic heterocycles. The molecule has 2 aromatic rings. The third kappa shape index (κ3) is 3.68. The molecule has 2 rings (SSSR count). The fourth-order valence-electron chi connectivity index (χ4n) is 1.75. The lowest BCUT2D eigenvalue weighted by Crippen LogP contribution is -2.28. The number of halogens is 2. The Morgan fingerprint density at radius 2 is 2.25 bits per heavy atom. The Kier molecular flexibility index (Phi) is 4.57. The number of aryl methyl sites for hydroxylation is 2. The number of nitrogens with one attached hydrogen (secondary N) is 2. The minimum absolute atomic E-state index is 0.0564. The number of hydrogen-bond donors (Lipinski definition) is 2. The third-order valence-corrected chi connectivity index (χ3v) is 3.27. The molecular formula is C13H14ClFN4S. The minimum atomic E-state index is -0.456. The van der Waals surface area contributed by atoms with Gasteiger partial charge in [0, 0.05) is 31.0 Å². The van der Waals surface area contributed by atoms with E-state index < -0.39 is 5.82 Å². The molecule has 20 heavy (non-hydrogen) atoms. The van der Waals surface area contributed by atoms with Crippen molar-refractivity contribution in [2.75, 3.05) is 5.32 Å². The smallest absolute Gasteiger partial charge is 0.171 e. The van der Waals surface area contributed by atoms with Crippen LogP contribution < -0.4 is 10.6 Å². The molecule has 0 amide bonds. The summed E-state index contributed by atoms with van der Waals surface area (Å²) in [7, 11) is 1.87. The predicted octanol–water partition coefficient (Wildman–Crippen LogP) is 3.01. The minimum Gasteiger partial charge on any atom is -0.358 e. The Labute approximate surface area is 126 Å². The molecule has 0 aliphatic carbocycles. The van der Waals surface area contributed by atoms with Crippen molar-refractivity contribution in [2.24, 2.45) is 7.05 Å². The van der Waals surface area contributed by atoms with Crippen LogP contribution in [0.5, 0.6) is 0 Å². The molecule has 106 valence electrons. The number of rotatable bonds is 3. The Morgan fingerprint density at radius 1 is 1.50 bits per heavy atom. The first-order valence-corrected chi connectivity index (χ1v) is 6.73. The van der Waals surface area contributed by atoms with Gasteiger partial charge in [0.2, 0.25) is 0 Å². The van der Waals surface area contributed by atoms with Crippen LogP contribution in [0.1, 0.15) is 11.3 Å². The molecule has 7 heteroatoms. The highest BCUT2D eigenvalue weighted by Crippen LogP contribution is 2.19. The fraction of sp³-hybridized carbons (Fsp3) is 0.231. The van der Waals surface area contributed by atoms with Crippen LogP contribution >= 0.6 is 23.8 Å². The second-order valence-electron chi connectivity index (χ2n) is 4.35. The number of aromatic nitrogens is 2. The number of hydrogen-bond acceptors (Lipinski definition) is 2. The highest BCUT2D eigenvalue weighted by atomic mass is 35.5. The van der Waals surface area contributed by atoms with Gasteiger partial charge in [-0.25, -0.2) is 4.39 Å². The maximum atomic E-state index is 13.0. The molecule has 0 unspecified atom stereocenters. The van der Waals surface area contributed by atoms with Gasteiger partial charge in [0.25, 0.3) is 0 Å². The molecule has 2 N–H and O–H groups in total.